The maximum absolute atomic E-state index is 12.1. The number of benzene rings is 2. The highest BCUT2D eigenvalue weighted by molar-refractivity contribution is 5.90. The Bertz CT molecular complexity index is 859. The van der Waals surface area contributed by atoms with Crippen molar-refractivity contribution >= 4 is 11.9 Å². The minimum Gasteiger partial charge on any atom is -0.497 e. The van der Waals surface area contributed by atoms with Crippen LogP contribution in [0.3, 0.4) is 0 Å². The largest absolute Gasteiger partial charge is 0.497 e. The fraction of sp³-hybridized carbons (Fsp3) is 0.167. The number of methoxy groups -OCH3 is 2. The predicted octanol–water partition coefficient (Wildman–Crippen LogP) is 2.94. The molecular formula is C18H17N3O4. The summed E-state index contributed by atoms with van der Waals surface area (Å²) in [7, 11) is 3.16. The van der Waals surface area contributed by atoms with Gasteiger partial charge in [-0.05, 0) is 29.8 Å². The molecule has 0 fully saturated rings. The molecular weight excluding hydrogens is 322 g/mol. The summed E-state index contributed by atoms with van der Waals surface area (Å²) in [5, 5.41) is 10.4. The van der Waals surface area contributed by atoms with Crippen molar-refractivity contribution in [3.63, 3.8) is 0 Å². The smallest absolute Gasteiger partial charge is 0.322 e. The third-order valence-corrected chi connectivity index (χ3v) is 3.53. The lowest BCUT2D eigenvalue weighted by Gasteiger charge is -2.04. The maximum Gasteiger partial charge on any atom is 0.322 e. The van der Waals surface area contributed by atoms with Gasteiger partial charge in [0.2, 0.25) is 5.91 Å². The summed E-state index contributed by atoms with van der Waals surface area (Å²) in [4.78, 5) is 12.1. The number of carbonyl (C=O) groups excluding carboxylic acids is 1. The van der Waals surface area contributed by atoms with Crippen LogP contribution in [0.15, 0.2) is 52.9 Å². The van der Waals surface area contributed by atoms with Crippen molar-refractivity contribution in [2.75, 3.05) is 19.5 Å². The molecule has 3 aromatic rings. The van der Waals surface area contributed by atoms with Gasteiger partial charge in [-0.1, -0.05) is 29.4 Å². The van der Waals surface area contributed by atoms with E-state index in [9.17, 15) is 4.79 Å². The van der Waals surface area contributed by atoms with Crippen LogP contribution in [-0.2, 0) is 11.2 Å². The van der Waals surface area contributed by atoms with Gasteiger partial charge in [-0.3, -0.25) is 10.1 Å². The lowest BCUT2D eigenvalue weighted by atomic mass is 10.1. The third kappa shape index (κ3) is 3.95. The number of carbonyl (C=O) groups is 1. The average Bonchev–Trinajstić information content (AvgIpc) is 3.10. The average molecular weight is 339 g/mol. The number of ether oxygens (including phenoxy) is 2. The predicted molar refractivity (Wildman–Crippen MR) is 91.6 cm³/mol. The van der Waals surface area contributed by atoms with Crippen molar-refractivity contribution in [1.82, 2.24) is 10.2 Å². The first-order valence-electron chi connectivity index (χ1n) is 7.59. The van der Waals surface area contributed by atoms with Crippen molar-refractivity contribution in [2.24, 2.45) is 0 Å². The molecule has 0 saturated carbocycles. The second kappa shape index (κ2) is 7.48. The van der Waals surface area contributed by atoms with Crippen molar-refractivity contribution in [1.29, 1.82) is 0 Å². The highest BCUT2D eigenvalue weighted by atomic mass is 16.5. The van der Waals surface area contributed by atoms with E-state index in [1.54, 1.807) is 38.5 Å². The first-order valence-corrected chi connectivity index (χ1v) is 7.59. The Balaban J connectivity index is 1.67. The molecule has 1 amide bonds. The summed E-state index contributed by atoms with van der Waals surface area (Å²) in [6.45, 7) is 0. The quantitative estimate of drug-likeness (QED) is 0.743. The molecule has 25 heavy (non-hydrogen) atoms. The molecule has 7 nitrogen and oxygen atoms in total. The number of aromatic nitrogens is 2. The molecule has 0 saturated heterocycles. The standard InChI is InChI=1S/C18H17N3O4/c1-23-13-9-7-12(8-10-13)11-16(22)19-18-21-20-17(25-18)14-5-3-4-6-15(14)24-2/h3-10H,11H2,1-2H3,(H,19,21,22). The molecule has 0 radical (unpaired) electrons. The number of hydrogen-bond donors (Lipinski definition) is 1. The van der Waals surface area contributed by atoms with E-state index < -0.39 is 0 Å². The zero-order valence-electron chi connectivity index (χ0n) is 13.9. The van der Waals surface area contributed by atoms with Gasteiger partial charge in [0.25, 0.3) is 5.89 Å². The van der Waals surface area contributed by atoms with Crippen LogP contribution in [0.1, 0.15) is 5.56 Å². The van der Waals surface area contributed by atoms with Gasteiger partial charge < -0.3 is 13.9 Å². The van der Waals surface area contributed by atoms with E-state index in [1.165, 1.54) is 0 Å². The Morgan fingerprint density at radius 3 is 2.52 bits per heavy atom. The van der Waals surface area contributed by atoms with Crippen molar-refractivity contribution in [3.05, 3.63) is 54.1 Å². The molecule has 0 aliphatic carbocycles. The Morgan fingerprint density at radius 2 is 1.80 bits per heavy atom. The number of nitrogens with zero attached hydrogens (tertiary/aromatic N) is 2. The number of anilines is 1. The van der Waals surface area contributed by atoms with Gasteiger partial charge in [0.15, 0.2) is 0 Å². The fourth-order valence-electron chi connectivity index (χ4n) is 2.30. The summed E-state index contributed by atoms with van der Waals surface area (Å²) in [6.07, 6.45) is 0.191. The number of amides is 1. The maximum atomic E-state index is 12.1. The molecule has 1 aromatic heterocycles. The Morgan fingerprint density at radius 1 is 1.04 bits per heavy atom. The van der Waals surface area contributed by atoms with Crippen LogP contribution in [0.4, 0.5) is 6.01 Å². The monoisotopic (exact) mass is 339 g/mol. The SMILES string of the molecule is COc1ccc(CC(=O)Nc2nnc(-c3ccccc3OC)o2)cc1. The molecule has 1 heterocycles. The minimum atomic E-state index is -0.250. The van der Waals surface area contributed by atoms with Crippen LogP contribution >= 0.6 is 0 Å². The fourth-order valence-corrected chi connectivity index (χ4v) is 2.30. The van der Waals surface area contributed by atoms with Gasteiger partial charge in [0.1, 0.15) is 11.5 Å². The number of rotatable bonds is 6. The molecule has 0 spiro atoms. The van der Waals surface area contributed by atoms with Gasteiger partial charge in [-0.15, -0.1) is 5.10 Å². The molecule has 3 rings (SSSR count). The van der Waals surface area contributed by atoms with Gasteiger partial charge in [0.05, 0.1) is 26.2 Å². The van der Waals surface area contributed by atoms with Gasteiger partial charge >= 0.3 is 6.01 Å². The van der Waals surface area contributed by atoms with E-state index in [1.807, 2.05) is 24.3 Å². The van der Waals surface area contributed by atoms with E-state index in [0.29, 0.717) is 11.3 Å². The van der Waals surface area contributed by atoms with E-state index in [4.69, 9.17) is 13.9 Å². The second-order valence-corrected chi connectivity index (χ2v) is 5.19. The lowest BCUT2D eigenvalue weighted by molar-refractivity contribution is -0.115. The van der Waals surface area contributed by atoms with Crippen LogP contribution in [0, 0.1) is 0 Å². The van der Waals surface area contributed by atoms with Gasteiger partial charge in [-0.2, -0.15) is 0 Å². The number of nitrogens with one attached hydrogen (secondary N) is 1. The minimum absolute atomic E-state index is 0.0411. The normalized spacial score (nSPS) is 10.3. The third-order valence-electron chi connectivity index (χ3n) is 3.53. The Labute approximate surface area is 144 Å². The van der Waals surface area contributed by atoms with Gasteiger partial charge in [0, 0.05) is 0 Å². The summed E-state index contributed by atoms with van der Waals surface area (Å²) < 4.78 is 15.9. The summed E-state index contributed by atoms with van der Waals surface area (Å²) >= 11 is 0. The molecule has 1 N–H and O–H groups in total. The van der Waals surface area contributed by atoms with Crippen molar-refractivity contribution < 1.29 is 18.7 Å². The first kappa shape index (κ1) is 16.5. The molecule has 0 aliphatic heterocycles. The molecule has 0 unspecified atom stereocenters. The molecule has 2 aromatic carbocycles. The molecule has 0 bridgehead atoms. The van der Waals surface area contributed by atoms with Crippen LogP contribution in [-0.4, -0.2) is 30.3 Å². The zero-order valence-corrected chi connectivity index (χ0v) is 13.9. The zero-order chi connectivity index (χ0) is 17.6. The van der Waals surface area contributed by atoms with Crippen molar-refractivity contribution in [2.45, 2.75) is 6.42 Å². The summed E-state index contributed by atoms with van der Waals surface area (Å²) in [5.74, 6) is 1.38. The Kier molecular flexibility index (Phi) is 4.94. The van der Waals surface area contributed by atoms with Crippen LogP contribution in [0.25, 0.3) is 11.5 Å². The Hall–Kier alpha value is -3.35. The second-order valence-electron chi connectivity index (χ2n) is 5.19. The highest BCUT2D eigenvalue weighted by Crippen LogP contribution is 2.29. The van der Waals surface area contributed by atoms with Gasteiger partial charge in [-0.25, -0.2) is 0 Å². The molecule has 7 heteroatoms. The van der Waals surface area contributed by atoms with E-state index in [0.717, 1.165) is 11.3 Å². The van der Waals surface area contributed by atoms with Crippen LogP contribution < -0.4 is 14.8 Å². The molecule has 128 valence electrons. The van der Waals surface area contributed by atoms with E-state index in [2.05, 4.69) is 15.5 Å². The topological polar surface area (TPSA) is 86.5 Å². The molecule has 0 aliphatic rings. The molecule has 0 atom stereocenters. The van der Waals surface area contributed by atoms with E-state index >= 15 is 0 Å². The number of hydrogen-bond acceptors (Lipinski definition) is 6. The summed E-state index contributed by atoms with van der Waals surface area (Å²) in [6, 6.07) is 14.6. The van der Waals surface area contributed by atoms with Crippen LogP contribution in [0.2, 0.25) is 0 Å². The number of para-hydroxylation sites is 1. The van der Waals surface area contributed by atoms with Crippen LogP contribution in [0.5, 0.6) is 11.5 Å². The first-order chi connectivity index (χ1) is 12.2. The summed E-state index contributed by atoms with van der Waals surface area (Å²) in [5.41, 5.74) is 1.51. The van der Waals surface area contributed by atoms with Crippen molar-refractivity contribution in [3.8, 4) is 23.0 Å². The highest BCUT2D eigenvalue weighted by Gasteiger charge is 2.14. The van der Waals surface area contributed by atoms with E-state index in [-0.39, 0.29) is 24.2 Å². The lowest BCUT2D eigenvalue weighted by Crippen LogP contribution is -2.14.